The van der Waals surface area contributed by atoms with Crippen molar-refractivity contribution in [3.8, 4) is 17.2 Å². The van der Waals surface area contributed by atoms with Gasteiger partial charge in [0.25, 0.3) is 0 Å². The molecule has 1 aromatic rings. The Bertz CT molecular complexity index is 405. The zero-order valence-electron chi connectivity index (χ0n) is 12.7. The van der Waals surface area contributed by atoms with Gasteiger partial charge in [-0.1, -0.05) is 13.8 Å². The first-order valence-corrected chi connectivity index (χ1v) is 6.53. The second kappa shape index (κ2) is 7.24. The Morgan fingerprint density at radius 3 is 1.89 bits per heavy atom. The lowest BCUT2D eigenvalue weighted by atomic mass is 9.87. The molecule has 0 amide bonds. The van der Waals surface area contributed by atoms with Gasteiger partial charge in [-0.15, -0.1) is 0 Å². The number of methoxy groups -OCH3 is 3. The molecule has 0 aliphatic rings. The van der Waals surface area contributed by atoms with Gasteiger partial charge in [0.1, 0.15) is 5.75 Å². The van der Waals surface area contributed by atoms with Crippen molar-refractivity contribution in [2.45, 2.75) is 19.8 Å². The van der Waals surface area contributed by atoms with Crippen LogP contribution in [0.1, 0.15) is 25.3 Å². The zero-order valence-corrected chi connectivity index (χ0v) is 12.7. The minimum atomic E-state index is 0.361. The molecule has 19 heavy (non-hydrogen) atoms. The normalized spacial score (nSPS) is 12.4. The first-order chi connectivity index (χ1) is 9.08. The van der Waals surface area contributed by atoms with Gasteiger partial charge in [0.2, 0.25) is 0 Å². The van der Waals surface area contributed by atoms with Crippen LogP contribution in [0.3, 0.4) is 0 Å². The van der Waals surface area contributed by atoms with Crippen molar-refractivity contribution >= 4 is 0 Å². The van der Waals surface area contributed by atoms with Crippen molar-refractivity contribution in [3.63, 3.8) is 0 Å². The van der Waals surface area contributed by atoms with E-state index in [1.807, 2.05) is 19.2 Å². The summed E-state index contributed by atoms with van der Waals surface area (Å²) in [7, 11) is 6.92. The smallest absolute Gasteiger partial charge is 0.164 e. The number of hydrogen-bond acceptors (Lipinski definition) is 4. The molecule has 1 rings (SSSR count). The number of hydrogen-bond donors (Lipinski definition) is 1. The second-order valence-electron chi connectivity index (χ2n) is 4.86. The van der Waals surface area contributed by atoms with Crippen molar-refractivity contribution in [1.29, 1.82) is 0 Å². The Kier molecular flexibility index (Phi) is 5.96. The molecule has 0 bridgehead atoms. The molecule has 108 valence electrons. The maximum Gasteiger partial charge on any atom is 0.164 e. The summed E-state index contributed by atoms with van der Waals surface area (Å²) in [6.45, 7) is 5.31. The maximum absolute atomic E-state index is 5.50. The predicted molar refractivity (Wildman–Crippen MR) is 77.6 cm³/mol. The molecule has 0 aromatic heterocycles. The molecular weight excluding hydrogens is 242 g/mol. The van der Waals surface area contributed by atoms with Gasteiger partial charge in [-0.2, -0.15) is 0 Å². The molecule has 0 aliphatic heterocycles. The monoisotopic (exact) mass is 267 g/mol. The largest absolute Gasteiger partial charge is 0.496 e. The first kappa shape index (κ1) is 15.6. The highest BCUT2D eigenvalue weighted by Crippen LogP contribution is 2.40. The van der Waals surface area contributed by atoms with E-state index in [-0.39, 0.29) is 0 Å². The van der Waals surface area contributed by atoms with Crippen molar-refractivity contribution in [3.05, 3.63) is 17.7 Å². The lowest BCUT2D eigenvalue weighted by Gasteiger charge is -2.24. The minimum absolute atomic E-state index is 0.361. The van der Waals surface area contributed by atoms with Crippen LogP contribution in [0, 0.1) is 5.92 Å². The van der Waals surface area contributed by atoms with Gasteiger partial charge in [0, 0.05) is 24.1 Å². The fourth-order valence-corrected chi connectivity index (χ4v) is 2.27. The topological polar surface area (TPSA) is 39.7 Å². The molecule has 0 heterocycles. The van der Waals surface area contributed by atoms with Crippen molar-refractivity contribution in [2.24, 2.45) is 5.92 Å². The van der Waals surface area contributed by atoms with Crippen molar-refractivity contribution < 1.29 is 14.2 Å². The van der Waals surface area contributed by atoms with Crippen molar-refractivity contribution in [1.82, 2.24) is 5.32 Å². The van der Waals surface area contributed by atoms with Gasteiger partial charge in [-0.25, -0.2) is 0 Å². The fourth-order valence-electron chi connectivity index (χ4n) is 2.27. The van der Waals surface area contributed by atoms with Crippen LogP contribution in [0.25, 0.3) is 0 Å². The van der Waals surface area contributed by atoms with Crippen LogP contribution in [0.15, 0.2) is 12.1 Å². The van der Waals surface area contributed by atoms with Gasteiger partial charge in [-0.05, 0) is 19.0 Å². The maximum atomic E-state index is 5.50. The fraction of sp³-hybridized carbons (Fsp3) is 0.600. The van der Waals surface area contributed by atoms with E-state index in [1.54, 1.807) is 21.3 Å². The standard InChI is InChI=1S/C15H25NO3/c1-10(2)12(9-16-3)11-7-14(18-5)15(19-6)8-13(11)17-4/h7-8,10,12,16H,9H2,1-6H3. The quantitative estimate of drug-likeness (QED) is 0.824. The van der Waals surface area contributed by atoms with Crippen LogP contribution in [-0.2, 0) is 0 Å². The predicted octanol–water partition coefficient (Wildman–Crippen LogP) is 2.67. The number of likely N-dealkylation sites (N-methyl/N-ethyl adjacent to an activating group) is 1. The van der Waals surface area contributed by atoms with Crippen LogP contribution < -0.4 is 19.5 Å². The highest BCUT2D eigenvalue weighted by atomic mass is 16.5. The van der Waals surface area contributed by atoms with E-state index in [4.69, 9.17) is 14.2 Å². The van der Waals surface area contributed by atoms with E-state index in [0.717, 1.165) is 23.6 Å². The Balaban J connectivity index is 3.30. The lowest BCUT2D eigenvalue weighted by Crippen LogP contribution is -2.22. The van der Waals surface area contributed by atoms with E-state index in [2.05, 4.69) is 19.2 Å². The molecule has 1 aromatic carbocycles. The summed E-state index contributed by atoms with van der Waals surface area (Å²) in [5, 5.41) is 3.24. The van der Waals surface area contributed by atoms with E-state index >= 15 is 0 Å². The average molecular weight is 267 g/mol. The van der Waals surface area contributed by atoms with Crippen LogP contribution in [-0.4, -0.2) is 34.9 Å². The van der Waals surface area contributed by atoms with Crippen LogP contribution >= 0.6 is 0 Å². The third-order valence-corrected chi connectivity index (χ3v) is 3.36. The van der Waals surface area contributed by atoms with Crippen LogP contribution in [0.5, 0.6) is 17.2 Å². The Labute approximate surface area is 116 Å². The number of nitrogens with one attached hydrogen (secondary N) is 1. The van der Waals surface area contributed by atoms with Crippen LogP contribution in [0.2, 0.25) is 0 Å². The Morgan fingerprint density at radius 2 is 1.47 bits per heavy atom. The van der Waals surface area contributed by atoms with Gasteiger partial charge < -0.3 is 19.5 Å². The summed E-state index contributed by atoms with van der Waals surface area (Å²) in [6.07, 6.45) is 0. The second-order valence-corrected chi connectivity index (χ2v) is 4.86. The molecule has 0 fully saturated rings. The summed E-state index contributed by atoms with van der Waals surface area (Å²) >= 11 is 0. The van der Waals surface area contributed by atoms with Gasteiger partial charge in [0.05, 0.1) is 21.3 Å². The molecule has 0 saturated heterocycles. The van der Waals surface area contributed by atoms with Crippen molar-refractivity contribution in [2.75, 3.05) is 34.9 Å². The summed E-state index contributed by atoms with van der Waals surface area (Å²) in [5.74, 6) is 3.13. The summed E-state index contributed by atoms with van der Waals surface area (Å²) in [5.41, 5.74) is 1.14. The van der Waals surface area contributed by atoms with E-state index in [1.165, 1.54) is 0 Å². The number of ether oxygens (including phenoxy) is 3. The van der Waals surface area contributed by atoms with E-state index < -0.39 is 0 Å². The van der Waals surface area contributed by atoms with E-state index in [0.29, 0.717) is 17.6 Å². The third kappa shape index (κ3) is 3.53. The molecule has 1 unspecified atom stereocenters. The van der Waals surface area contributed by atoms with Gasteiger partial charge in [-0.3, -0.25) is 0 Å². The molecule has 0 aliphatic carbocycles. The molecule has 0 radical (unpaired) electrons. The number of benzene rings is 1. The average Bonchev–Trinajstić information content (AvgIpc) is 2.42. The minimum Gasteiger partial charge on any atom is -0.496 e. The first-order valence-electron chi connectivity index (χ1n) is 6.53. The summed E-state index contributed by atoms with van der Waals surface area (Å²) < 4.78 is 16.2. The molecule has 4 heteroatoms. The van der Waals surface area contributed by atoms with E-state index in [9.17, 15) is 0 Å². The Morgan fingerprint density at radius 1 is 0.947 bits per heavy atom. The Hall–Kier alpha value is -1.42. The van der Waals surface area contributed by atoms with Gasteiger partial charge >= 0.3 is 0 Å². The lowest BCUT2D eigenvalue weighted by molar-refractivity contribution is 0.343. The highest BCUT2D eigenvalue weighted by Gasteiger charge is 2.22. The summed E-state index contributed by atoms with van der Waals surface area (Å²) in [4.78, 5) is 0. The molecule has 1 atom stereocenters. The molecule has 4 nitrogen and oxygen atoms in total. The molecular formula is C15H25NO3. The SMILES string of the molecule is CNCC(c1cc(OC)c(OC)cc1OC)C(C)C. The van der Waals surface area contributed by atoms with Gasteiger partial charge in [0.15, 0.2) is 11.5 Å². The molecule has 0 saturated carbocycles. The molecule has 0 spiro atoms. The zero-order chi connectivity index (χ0) is 14.4. The summed E-state index contributed by atoms with van der Waals surface area (Å²) in [6, 6.07) is 3.90. The molecule has 1 N–H and O–H groups in total. The van der Waals surface area contributed by atoms with Crippen LogP contribution in [0.4, 0.5) is 0 Å². The number of rotatable bonds is 7. The third-order valence-electron chi connectivity index (χ3n) is 3.36. The highest BCUT2D eigenvalue weighted by molar-refractivity contribution is 5.52.